The van der Waals surface area contributed by atoms with Gasteiger partial charge < -0.3 is 14.3 Å². The first-order chi connectivity index (χ1) is 36.5. The van der Waals surface area contributed by atoms with Crippen LogP contribution < -0.4 is 16.2 Å². The molecule has 5 heteroatoms. The Morgan fingerprint density at radius 2 is 1.21 bits per heavy atom. The van der Waals surface area contributed by atoms with Gasteiger partial charge in [0.1, 0.15) is 11.2 Å². The first kappa shape index (κ1) is 45.8. The molecule has 1 N–H and O–H groups in total. The number of nitrogens with one attached hydrogen (secondary N) is 1. The minimum Gasteiger partial charge on any atom is -0.456 e. The number of benzene rings is 9. The van der Waals surface area contributed by atoms with Crippen molar-refractivity contribution in [3.05, 3.63) is 198 Å². The summed E-state index contributed by atoms with van der Waals surface area (Å²) in [6, 6.07) is 64.2. The maximum Gasteiger partial charge on any atom is 0.197 e. The van der Waals surface area contributed by atoms with E-state index in [4.69, 9.17) is 4.42 Å². The van der Waals surface area contributed by atoms with Crippen LogP contribution in [0.1, 0.15) is 103 Å². The molecule has 369 valence electrons. The highest BCUT2D eigenvalue weighted by molar-refractivity contribution is 7.23. The molecule has 1 aliphatic heterocycles. The summed E-state index contributed by atoms with van der Waals surface area (Å²) >= 11 is 1.90. The van der Waals surface area contributed by atoms with E-state index in [0.29, 0.717) is 0 Å². The maximum atomic E-state index is 6.70. The summed E-state index contributed by atoms with van der Waals surface area (Å²) in [6.45, 7) is 21.6. The number of para-hydroxylation sites is 1. The van der Waals surface area contributed by atoms with Gasteiger partial charge in [0.05, 0.1) is 5.52 Å². The summed E-state index contributed by atoms with van der Waals surface area (Å²) in [7, 11) is 2.50. The van der Waals surface area contributed by atoms with Gasteiger partial charge in [-0.05, 0) is 145 Å². The van der Waals surface area contributed by atoms with Gasteiger partial charge >= 0.3 is 0 Å². The molecule has 9 aromatic carbocycles. The highest BCUT2D eigenvalue weighted by atomic mass is 32.1. The third kappa shape index (κ3) is 6.60. The van der Waals surface area contributed by atoms with E-state index in [1.54, 1.807) is 0 Å². The van der Waals surface area contributed by atoms with Crippen molar-refractivity contribution in [3.63, 3.8) is 0 Å². The predicted octanol–water partition coefficient (Wildman–Crippen LogP) is 18.6. The lowest BCUT2D eigenvalue weighted by molar-refractivity contribution is 0.331. The van der Waals surface area contributed by atoms with Gasteiger partial charge in [0.15, 0.2) is 7.28 Å². The van der Waals surface area contributed by atoms with Crippen molar-refractivity contribution in [2.24, 2.45) is 0 Å². The topological polar surface area (TPSA) is 30.1 Å². The van der Waals surface area contributed by atoms with Crippen LogP contribution in [-0.2, 0) is 21.7 Å². The smallest absolute Gasteiger partial charge is 0.197 e. The zero-order valence-electron chi connectivity index (χ0n) is 44.9. The van der Waals surface area contributed by atoms with Crippen molar-refractivity contribution in [2.75, 3.05) is 5.32 Å². The van der Waals surface area contributed by atoms with E-state index in [0.717, 1.165) is 38.8 Å². The Bertz CT molecular complexity index is 4440. The Hall–Kier alpha value is -7.60. The van der Waals surface area contributed by atoms with Crippen molar-refractivity contribution < 1.29 is 4.42 Å². The molecule has 0 fully saturated rings. The van der Waals surface area contributed by atoms with Crippen LogP contribution in [0.15, 0.2) is 174 Å². The molecule has 0 saturated heterocycles. The Balaban J connectivity index is 1.02. The van der Waals surface area contributed by atoms with Crippen LogP contribution >= 0.6 is 11.3 Å². The molecule has 0 unspecified atom stereocenters. The molecule has 0 saturated carbocycles. The van der Waals surface area contributed by atoms with Crippen molar-refractivity contribution in [1.82, 2.24) is 4.57 Å². The van der Waals surface area contributed by atoms with Gasteiger partial charge in [-0.15, -0.1) is 11.3 Å². The Labute approximate surface area is 450 Å². The monoisotopic (exact) mass is 999 g/mol. The molecule has 76 heavy (non-hydrogen) atoms. The molecule has 15 rings (SSSR count). The van der Waals surface area contributed by atoms with Crippen LogP contribution in [-0.4, -0.2) is 11.8 Å². The number of hydrogen-bond donors (Lipinski definition) is 1. The largest absolute Gasteiger partial charge is 0.456 e. The van der Waals surface area contributed by atoms with Gasteiger partial charge in [0.2, 0.25) is 0 Å². The molecular formula is C71H60BN2OS. The van der Waals surface area contributed by atoms with Gasteiger partial charge in [-0.3, -0.25) is 0 Å². The molecule has 2 aliphatic carbocycles. The second kappa shape index (κ2) is 15.7. The molecule has 0 bridgehead atoms. The fraction of sp³-hybridized carbons (Fsp3) is 0.211. The first-order valence-corrected chi connectivity index (χ1v) is 28.1. The Morgan fingerprint density at radius 1 is 0.539 bits per heavy atom. The molecule has 4 heterocycles. The summed E-state index contributed by atoms with van der Waals surface area (Å²) in [5, 5.41) is 10.1. The minimum absolute atomic E-state index is 0.0502. The molecule has 0 atom stereocenters. The van der Waals surface area contributed by atoms with Crippen LogP contribution in [0.4, 0.5) is 11.4 Å². The summed E-state index contributed by atoms with van der Waals surface area (Å²) in [4.78, 5) is 1.29. The van der Waals surface area contributed by atoms with Crippen LogP contribution in [0.3, 0.4) is 0 Å². The van der Waals surface area contributed by atoms with Gasteiger partial charge in [0, 0.05) is 81.7 Å². The Kier molecular flexibility index (Phi) is 9.48. The fourth-order valence-corrected chi connectivity index (χ4v) is 14.9. The van der Waals surface area contributed by atoms with E-state index in [9.17, 15) is 0 Å². The highest BCUT2D eigenvalue weighted by Crippen LogP contribution is 2.57. The number of fused-ring (bicyclic) bond motifs is 13. The number of nitrogens with zero attached hydrogens (tertiary/aromatic N) is 1. The summed E-state index contributed by atoms with van der Waals surface area (Å²) in [5.74, 6) is 0. The summed E-state index contributed by atoms with van der Waals surface area (Å²) in [6.07, 6.45) is 2.37. The second-order valence-corrected chi connectivity index (χ2v) is 26.1. The molecule has 3 aromatic heterocycles. The highest BCUT2D eigenvalue weighted by Gasteiger charge is 2.43. The molecule has 0 amide bonds. The molecule has 3 aliphatic rings. The quantitative estimate of drug-likeness (QED) is 0.174. The summed E-state index contributed by atoms with van der Waals surface area (Å²) < 4.78 is 10.5. The number of hydrogen-bond acceptors (Lipinski definition) is 3. The van der Waals surface area contributed by atoms with E-state index in [2.05, 4.69) is 249 Å². The van der Waals surface area contributed by atoms with Crippen LogP contribution in [0.5, 0.6) is 0 Å². The van der Waals surface area contributed by atoms with E-state index in [1.807, 2.05) is 11.3 Å². The lowest BCUT2D eigenvalue weighted by Crippen LogP contribution is -2.37. The number of rotatable bonds is 5. The molecule has 3 nitrogen and oxygen atoms in total. The number of aromatic nitrogens is 1. The normalized spacial score (nSPS) is 15.8. The average Bonchev–Trinajstić information content (AvgIpc) is 4.24. The number of thiophene rings is 1. The van der Waals surface area contributed by atoms with Crippen molar-refractivity contribution in [1.29, 1.82) is 0 Å². The lowest BCUT2D eigenvalue weighted by atomic mass is 9.59. The third-order valence-corrected chi connectivity index (χ3v) is 19.3. The van der Waals surface area contributed by atoms with Gasteiger partial charge in [-0.25, -0.2) is 0 Å². The SMILES string of the molecule is CC(C)(C)c1ccc(Nc2cc3c(cc2-c2ccc4c5cc6c(cc5n5c4c2[B]c2cc4sc(-c7ccccc7)c(-c7ccccc7)c4cc2-5)oc2ccccc26)-c2cc4c(cc2C3(C)C)C(C)(C)CCC4(C)C)cc1. The maximum absolute atomic E-state index is 6.70. The van der Waals surface area contributed by atoms with Crippen LogP contribution in [0, 0.1) is 0 Å². The van der Waals surface area contributed by atoms with Gasteiger partial charge in [-0.2, -0.15) is 0 Å². The van der Waals surface area contributed by atoms with E-state index >= 15 is 0 Å². The molecule has 0 spiro atoms. The standard InChI is InChI=1S/C71H60BN2OS/c1-68(2,3)42-24-26-43(27-25-42)73-58-37-54-47(48-34-55-56(36-53(48)71(54,8)9)70(6,7)31-30-69(55,4)5)32-49(58)45-28-29-46-50-33-51-44-22-16-17-23-61(44)75-62(51)39-59(50)74-60-35-52-63(38-57(60)72-65(45)66(46)74)76-67(41-20-14-11-15-21-41)64(52)40-18-12-10-13-19-40/h10-29,32-39,73H,30-31H2,1-9H3. The second-order valence-electron chi connectivity index (χ2n) is 25.0. The molecular weight excluding hydrogens is 940 g/mol. The fourth-order valence-electron chi connectivity index (χ4n) is 13.6. The first-order valence-electron chi connectivity index (χ1n) is 27.3. The molecule has 12 aromatic rings. The van der Waals surface area contributed by atoms with Crippen molar-refractivity contribution >= 4 is 94.7 Å². The lowest BCUT2D eigenvalue weighted by Gasteiger charge is -2.42. The van der Waals surface area contributed by atoms with Crippen molar-refractivity contribution in [2.45, 2.75) is 96.8 Å². The van der Waals surface area contributed by atoms with E-state index in [-0.39, 0.29) is 21.7 Å². The minimum atomic E-state index is -0.206. The molecule has 1 radical (unpaired) electrons. The van der Waals surface area contributed by atoms with Gasteiger partial charge in [0.25, 0.3) is 0 Å². The van der Waals surface area contributed by atoms with Crippen molar-refractivity contribution in [3.8, 4) is 49.5 Å². The number of anilines is 2. The number of furan rings is 1. The van der Waals surface area contributed by atoms with E-state index in [1.165, 1.54) is 127 Å². The zero-order chi connectivity index (χ0) is 51.8. The zero-order valence-corrected chi connectivity index (χ0v) is 45.7. The predicted molar refractivity (Wildman–Crippen MR) is 326 cm³/mol. The van der Waals surface area contributed by atoms with Crippen LogP contribution in [0.25, 0.3) is 103 Å². The Morgan fingerprint density at radius 3 is 1.95 bits per heavy atom. The average molecular weight is 1000 g/mol. The summed E-state index contributed by atoms with van der Waals surface area (Å²) in [5.41, 5.74) is 26.0. The van der Waals surface area contributed by atoms with Gasteiger partial charge in [-0.1, -0.05) is 177 Å². The van der Waals surface area contributed by atoms with E-state index < -0.39 is 0 Å². The van der Waals surface area contributed by atoms with Crippen LogP contribution in [0.2, 0.25) is 0 Å². The third-order valence-electron chi connectivity index (χ3n) is 18.0.